The average molecular weight is 1380 g/mol. The minimum absolute atomic E-state index is 0.130. The fourth-order valence-electron chi connectivity index (χ4n) is 19.0. The molecule has 14 rings (SSSR count). The number of carbonyl (C=O) groups excluding carboxylic acids is 3. The largest absolute Gasteiger partial charge is 0.463 e. The van der Waals surface area contributed by atoms with Gasteiger partial charge in [-0.2, -0.15) is 0 Å². The highest BCUT2D eigenvalue weighted by molar-refractivity contribution is 5.79. The number of allylic oxidation sites excluding steroid dienone is 2. The van der Waals surface area contributed by atoms with E-state index in [-0.39, 0.29) is 23.7 Å². The molecule has 0 aromatic rings. The number of hydrogen-bond acceptors (Lipinski definition) is 31. The van der Waals surface area contributed by atoms with Gasteiger partial charge in [-0.05, 0) is 111 Å². The van der Waals surface area contributed by atoms with Gasteiger partial charge in [0.15, 0.2) is 37.4 Å². The lowest BCUT2D eigenvalue weighted by Crippen LogP contribution is -2.70. The molecule has 1 spiro atoms. The van der Waals surface area contributed by atoms with Crippen molar-refractivity contribution >= 4 is 17.9 Å². The molecule has 12 bridgehead atoms. The van der Waals surface area contributed by atoms with E-state index in [2.05, 4.69) is 40.7 Å². The third-order valence-corrected chi connectivity index (χ3v) is 24.7. The Morgan fingerprint density at radius 2 is 1.18 bits per heavy atom. The molecule has 9 heterocycles. The van der Waals surface area contributed by atoms with E-state index in [1.807, 2.05) is 0 Å². The molecular formula is C65H102O31. The van der Waals surface area contributed by atoms with Crippen molar-refractivity contribution in [2.24, 2.45) is 50.2 Å². The van der Waals surface area contributed by atoms with Gasteiger partial charge in [-0.25, -0.2) is 0 Å². The van der Waals surface area contributed by atoms with Crippen molar-refractivity contribution in [1.82, 2.24) is 0 Å². The second-order valence-corrected chi connectivity index (χ2v) is 31.4. The molecule has 35 atom stereocenters. The Hall–Kier alpha value is -2.85. The number of ether oxygens (including phenoxy) is 12. The first kappa shape index (κ1) is 74.3. The fraction of sp³-hybridized carbons (Fsp3) is 0.923. The van der Waals surface area contributed by atoms with Crippen LogP contribution in [0.25, 0.3) is 0 Å². The van der Waals surface area contributed by atoms with E-state index < -0.39 is 262 Å². The van der Waals surface area contributed by atoms with Gasteiger partial charge in [0.05, 0.1) is 68.6 Å². The summed E-state index contributed by atoms with van der Waals surface area (Å²) in [5.41, 5.74) is -5.78. The summed E-state index contributed by atoms with van der Waals surface area (Å²) >= 11 is 0. The minimum atomic E-state index is -2.34. The normalized spacial score (nSPS) is 54.4. The predicted molar refractivity (Wildman–Crippen MR) is 318 cm³/mol. The molecule has 0 aromatic carbocycles. The zero-order valence-corrected chi connectivity index (χ0v) is 55.4. The van der Waals surface area contributed by atoms with E-state index in [9.17, 15) is 91.3 Å². The molecule has 31 nitrogen and oxygen atoms in total. The molecular weight excluding hydrogens is 1280 g/mol. The van der Waals surface area contributed by atoms with Crippen LogP contribution in [-0.2, 0) is 71.2 Å². The third kappa shape index (κ3) is 12.8. The number of esters is 3. The summed E-state index contributed by atoms with van der Waals surface area (Å²) in [7, 11) is 0. The molecule has 14 aliphatic rings. The van der Waals surface area contributed by atoms with Crippen molar-refractivity contribution in [3.8, 4) is 0 Å². The maximum Gasteiger partial charge on any atom is 0.315 e. The Morgan fingerprint density at radius 3 is 1.85 bits per heavy atom. The van der Waals surface area contributed by atoms with Gasteiger partial charge < -0.3 is 139 Å². The molecule has 16 N–H and O–H groups in total. The molecule has 0 radical (unpaired) electrons. The Balaban J connectivity index is 0.959. The molecule has 11 fully saturated rings. The third-order valence-electron chi connectivity index (χ3n) is 24.7. The Labute approximate surface area is 555 Å². The average Bonchev–Trinajstić information content (AvgIpc) is 0.673. The van der Waals surface area contributed by atoms with Crippen molar-refractivity contribution in [3.05, 3.63) is 11.6 Å². The van der Waals surface area contributed by atoms with Crippen molar-refractivity contribution in [2.75, 3.05) is 33.0 Å². The summed E-state index contributed by atoms with van der Waals surface area (Å²) in [4.78, 5) is 43.2. The van der Waals surface area contributed by atoms with Gasteiger partial charge in [0.2, 0.25) is 6.29 Å². The van der Waals surface area contributed by atoms with Crippen LogP contribution >= 0.6 is 0 Å². The van der Waals surface area contributed by atoms with Gasteiger partial charge in [-0.3, -0.25) is 14.4 Å². The van der Waals surface area contributed by atoms with E-state index in [0.29, 0.717) is 51.4 Å². The number of aliphatic hydroxyl groups excluding tert-OH is 15. The van der Waals surface area contributed by atoms with E-state index in [1.165, 1.54) is 6.92 Å². The SMILES string of the molecule is CC1OC2OC3C(OCC(O)C3O)OC(=O)[C@]34CCC(C)(C)CC3C3=CCC5[C@@]6(C)C[C@H](O)[C@H](OC7OC(CO)C(O)C(O)C7OC7OC(COC(=O)CC(C)(O)CC(=O)OC1C(OC1OC(CO)C(O)C(O)C1O)C2O)C(O)C(O)C7O)[C@@](C)(CO)C6CC[C@@]5(C)[C@]3(C)CC4. The zero-order chi connectivity index (χ0) is 70.1. The maximum atomic E-state index is 15.7. The molecule has 0 amide bonds. The van der Waals surface area contributed by atoms with Crippen molar-refractivity contribution < 1.29 is 153 Å². The van der Waals surface area contributed by atoms with E-state index in [4.69, 9.17) is 56.8 Å². The summed E-state index contributed by atoms with van der Waals surface area (Å²) in [5.74, 6) is -4.10. The summed E-state index contributed by atoms with van der Waals surface area (Å²) in [6.07, 6.45) is -43.2. The Bertz CT molecular complexity index is 2810. The van der Waals surface area contributed by atoms with Gasteiger partial charge in [0.25, 0.3) is 0 Å². The molecule has 9 aliphatic heterocycles. The first-order valence-electron chi connectivity index (χ1n) is 33.8. The quantitative estimate of drug-likeness (QED) is 0.0541. The van der Waals surface area contributed by atoms with Crippen LogP contribution in [0.5, 0.6) is 0 Å². The van der Waals surface area contributed by atoms with E-state index in [1.54, 1.807) is 6.92 Å². The van der Waals surface area contributed by atoms with Crippen LogP contribution < -0.4 is 0 Å². The number of hydrogen-bond donors (Lipinski definition) is 16. The Morgan fingerprint density at radius 1 is 0.552 bits per heavy atom. The predicted octanol–water partition coefficient (Wildman–Crippen LogP) is -3.95. The Kier molecular flexibility index (Phi) is 21.2. The van der Waals surface area contributed by atoms with Crippen LogP contribution in [0.4, 0.5) is 0 Å². The molecule has 7 saturated heterocycles. The minimum Gasteiger partial charge on any atom is -0.463 e. The smallest absolute Gasteiger partial charge is 0.315 e. The van der Waals surface area contributed by atoms with Gasteiger partial charge >= 0.3 is 17.9 Å². The van der Waals surface area contributed by atoms with Crippen LogP contribution in [0.1, 0.15) is 126 Å². The summed E-state index contributed by atoms with van der Waals surface area (Å²) < 4.78 is 72.5. The lowest BCUT2D eigenvalue weighted by molar-refractivity contribution is -0.384. The topological polar surface area (TPSA) is 486 Å². The highest BCUT2D eigenvalue weighted by atomic mass is 16.8. The monoisotopic (exact) mass is 1380 g/mol. The molecule has 96 heavy (non-hydrogen) atoms. The molecule has 5 aliphatic carbocycles. The van der Waals surface area contributed by atoms with E-state index in [0.717, 1.165) is 12.5 Å². The van der Waals surface area contributed by atoms with Crippen LogP contribution in [-0.4, -0.2) is 298 Å². The number of carbonyl (C=O) groups is 3. The van der Waals surface area contributed by atoms with Crippen molar-refractivity contribution in [2.45, 2.75) is 291 Å². The van der Waals surface area contributed by atoms with Crippen LogP contribution in [0.2, 0.25) is 0 Å². The van der Waals surface area contributed by atoms with Crippen molar-refractivity contribution in [1.29, 1.82) is 0 Å². The number of aliphatic hydroxyl groups is 16. The van der Waals surface area contributed by atoms with E-state index >= 15 is 4.79 Å². The van der Waals surface area contributed by atoms with Crippen molar-refractivity contribution in [3.63, 3.8) is 0 Å². The lowest BCUT2D eigenvalue weighted by atomic mass is 9.33. The zero-order valence-electron chi connectivity index (χ0n) is 55.4. The second kappa shape index (κ2) is 27.4. The maximum absolute atomic E-state index is 15.7. The van der Waals surface area contributed by atoms with Gasteiger partial charge in [-0.1, -0.05) is 53.2 Å². The molecule has 31 heteroatoms. The van der Waals surface area contributed by atoms with Crippen LogP contribution in [0, 0.1) is 50.2 Å². The van der Waals surface area contributed by atoms with Crippen LogP contribution in [0.15, 0.2) is 11.6 Å². The highest BCUT2D eigenvalue weighted by Gasteiger charge is 2.72. The molecule has 548 valence electrons. The first-order chi connectivity index (χ1) is 44.9. The van der Waals surface area contributed by atoms with Gasteiger partial charge in [-0.15, -0.1) is 0 Å². The summed E-state index contributed by atoms with van der Waals surface area (Å²) in [6, 6.07) is 0. The molecule has 4 saturated carbocycles. The number of rotatable bonds is 5. The summed E-state index contributed by atoms with van der Waals surface area (Å²) in [6.45, 7) is 11.3. The van der Waals surface area contributed by atoms with Gasteiger partial charge in [0.1, 0.15) is 104 Å². The highest BCUT2D eigenvalue weighted by Crippen LogP contribution is 2.76. The fourth-order valence-corrected chi connectivity index (χ4v) is 19.0. The van der Waals surface area contributed by atoms with Gasteiger partial charge in [0, 0.05) is 5.41 Å². The first-order valence-corrected chi connectivity index (χ1v) is 33.8. The standard InChI is InChI=1S/C65H102O31/c1-26-48-49(92-53-45(80)42(77)39(74)31(21-66)88-53)47(82)55(87-26)93-50-38(73)30(70)23-86-56(50)96-58(83)65-15-13-59(2,3)17-28(65)27-9-10-35-61(5)18-29(69)52(62(6,25-68)34(61)11-12-64(35,8)63(27,7)14-16-65)95-57-51(44(79)40(75)32(22-67)89-57)94-54-46(81)43(78)41(76)33(90-54)24-85-36(71)19-60(4,84)20-37(72)91-48/h9,26,28-35,38-57,66-70,73-82,84H,10-25H2,1-8H3/t26?,28?,29-,30?,31?,32?,33?,34?,35?,38?,39?,40?,41?,42?,43?,44?,45?,46?,47?,48?,49?,50?,51?,52-,53?,54?,55?,56?,57?,60?,61-,62-,63+,64+,65-/m0/s1. The summed E-state index contributed by atoms with van der Waals surface area (Å²) in [5, 5.41) is 181. The second-order valence-electron chi connectivity index (χ2n) is 31.4. The molecule has 28 unspecified atom stereocenters. The molecule has 0 aromatic heterocycles. The lowest BCUT2D eigenvalue weighted by Gasteiger charge is -2.72. The van der Waals surface area contributed by atoms with Crippen LogP contribution in [0.3, 0.4) is 0 Å².